The summed E-state index contributed by atoms with van der Waals surface area (Å²) in [5.74, 6) is 1.15. The van der Waals surface area contributed by atoms with Crippen molar-refractivity contribution in [2.24, 2.45) is 0 Å². The van der Waals surface area contributed by atoms with Gasteiger partial charge >= 0.3 is 0 Å². The zero-order chi connectivity index (χ0) is 11.7. The monoisotopic (exact) mass is 217 g/mol. The van der Waals surface area contributed by atoms with Crippen LogP contribution >= 0.6 is 0 Å². The van der Waals surface area contributed by atoms with E-state index in [-0.39, 0.29) is 0 Å². The van der Waals surface area contributed by atoms with Crippen LogP contribution in [0.25, 0.3) is 11.2 Å². The number of aromatic nitrogens is 3. The van der Waals surface area contributed by atoms with Gasteiger partial charge in [-0.15, -0.1) is 0 Å². The second-order valence-corrected chi connectivity index (χ2v) is 4.29. The van der Waals surface area contributed by atoms with Crippen molar-refractivity contribution in [2.45, 2.75) is 47.1 Å². The number of pyridine rings is 1. The fourth-order valence-corrected chi connectivity index (χ4v) is 2.18. The minimum atomic E-state index is 0.967. The van der Waals surface area contributed by atoms with Crippen molar-refractivity contribution in [3.8, 4) is 0 Å². The highest BCUT2D eigenvalue weighted by Gasteiger charge is 2.12. The normalized spacial score (nSPS) is 11.2. The van der Waals surface area contributed by atoms with E-state index >= 15 is 0 Å². The first-order valence-corrected chi connectivity index (χ1v) is 6.00. The Morgan fingerprint density at radius 2 is 1.94 bits per heavy atom. The molecule has 0 aromatic carbocycles. The second kappa shape index (κ2) is 4.24. The third kappa shape index (κ3) is 1.70. The highest BCUT2D eigenvalue weighted by atomic mass is 15.1. The average molecular weight is 217 g/mol. The summed E-state index contributed by atoms with van der Waals surface area (Å²) >= 11 is 0. The summed E-state index contributed by atoms with van der Waals surface area (Å²) in [6.07, 6.45) is 2.09. The Morgan fingerprint density at radius 1 is 1.19 bits per heavy atom. The summed E-state index contributed by atoms with van der Waals surface area (Å²) in [5.41, 5.74) is 4.42. The fraction of sp³-hybridized carbons (Fsp3) is 0.538. The Morgan fingerprint density at radius 3 is 2.56 bits per heavy atom. The molecule has 16 heavy (non-hydrogen) atoms. The first kappa shape index (κ1) is 11.1. The van der Waals surface area contributed by atoms with Gasteiger partial charge in [0.2, 0.25) is 0 Å². The largest absolute Gasteiger partial charge is 0.313 e. The zero-order valence-corrected chi connectivity index (χ0v) is 10.5. The van der Waals surface area contributed by atoms with Crippen LogP contribution in [0.4, 0.5) is 0 Å². The third-order valence-corrected chi connectivity index (χ3v) is 2.86. The van der Waals surface area contributed by atoms with Crippen LogP contribution in [0.15, 0.2) is 6.07 Å². The van der Waals surface area contributed by atoms with Crippen molar-refractivity contribution in [3.63, 3.8) is 0 Å². The first-order chi connectivity index (χ1) is 7.67. The minimum Gasteiger partial charge on any atom is -0.313 e. The first-order valence-electron chi connectivity index (χ1n) is 6.00. The lowest BCUT2D eigenvalue weighted by Gasteiger charge is -2.05. The van der Waals surface area contributed by atoms with Crippen molar-refractivity contribution in [3.05, 3.63) is 23.1 Å². The standard InChI is InChI=1S/C13H19N3/c1-5-7-16-11(6-2)15-12-9(3)8-10(4)14-13(12)16/h8H,5-7H2,1-4H3. The smallest absolute Gasteiger partial charge is 0.160 e. The fourth-order valence-electron chi connectivity index (χ4n) is 2.18. The Hall–Kier alpha value is -1.38. The molecule has 3 heteroatoms. The molecule has 0 radical (unpaired) electrons. The van der Waals surface area contributed by atoms with E-state index in [1.165, 1.54) is 5.56 Å². The maximum Gasteiger partial charge on any atom is 0.160 e. The van der Waals surface area contributed by atoms with Crippen molar-refractivity contribution in [1.82, 2.24) is 14.5 Å². The van der Waals surface area contributed by atoms with Crippen molar-refractivity contribution >= 4 is 11.2 Å². The van der Waals surface area contributed by atoms with Gasteiger partial charge in [-0.3, -0.25) is 0 Å². The van der Waals surface area contributed by atoms with E-state index in [9.17, 15) is 0 Å². The van der Waals surface area contributed by atoms with E-state index in [0.29, 0.717) is 0 Å². The molecule has 0 fully saturated rings. The molecule has 0 bridgehead atoms. The molecule has 0 aliphatic carbocycles. The zero-order valence-electron chi connectivity index (χ0n) is 10.5. The number of rotatable bonds is 3. The van der Waals surface area contributed by atoms with E-state index in [1.807, 2.05) is 6.92 Å². The summed E-state index contributed by atoms with van der Waals surface area (Å²) in [4.78, 5) is 9.32. The Labute approximate surface area is 96.5 Å². The van der Waals surface area contributed by atoms with E-state index in [1.54, 1.807) is 0 Å². The maximum absolute atomic E-state index is 4.69. The molecule has 2 aromatic heterocycles. The molecule has 0 spiro atoms. The molecular weight excluding hydrogens is 198 g/mol. The lowest BCUT2D eigenvalue weighted by atomic mass is 10.2. The van der Waals surface area contributed by atoms with Gasteiger partial charge in [-0.05, 0) is 31.9 Å². The van der Waals surface area contributed by atoms with Crippen molar-refractivity contribution in [2.75, 3.05) is 0 Å². The maximum atomic E-state index is 4.69. The molecule has 3 nitrogen and oxygen atoms in total. The molecule has 2 heterocycles. The average Bonchev–Trinajstić information content (AvgIpc) is 2.58. The second-order valence-electron chi connectivity index (χ2n) is 4.29. The Bertz CT molecular complexity index is 511. The van der Waals surface area contributed by atoms with Gasteiger partial charge in [0, 0.05) is 18.7 Å². The predicted molar refractivity (Wildman–Crippen MR) is 66.7 cm³/mol. The summed E-state index contributed by atoms with van der Waals surface area (Å²) in [6, 6.07) is 2.10. The lowest BCUT2D eigenvalue weighted by molar-refractivity contribution is 0.654. The number of hydrogen-bond acceptors (Lipinski definition) is 2. The van der Waals surface area contributed by atoms with Gasteiger partial charge < -0.3 is 4.57 Å². The van der Waals surface area contributed by atoms with E-state index < -0.39 is 0 Å². The lowest BCUT2D eigenvalue weighted by Crippen LogP contribution is -2.03. The summed E-state index contributed by atoms with van der Waals surface area (Å²) < 4.78 is 2.26. The highest BCUT2D eigenvalue weighted by Crippen LogP contribution is 2.19. The van der Waals surface area contributed by atoms with Crippen LogP contribution in [0.2, 0.25) is 0 Å². The van der Waals surface area contributed by atoms with Gasteiger partial charge in [-0.25, -0.2) is 9.97 Å². The summed E-state index contributed by atoms with van der Waals surface area (Å²) in [6.45, 7) is 9.50. The molecule has 0 saturated carbocycles. The van der Waals surface area contributed by atoms with Gasteiger partial charge in [-0.2, -0.15) is 0 Å². The van der Waals surface area contributed by atoms with Crippen molar-refractivity contribution < 1.29 is 0 Å². The third-order valence-electron chi connectivity index (χ3n) is 2.86. The minimum absolute atomic E-state index is 0.967. The molecule has 0 N–H and O–H groups in total. The quantitative estimate of drug-likeness (QED) is 0.791. The molecular formula is C13H19N3. The van der Waals surface area contributed by atoms with Crippen LogP contribution in [-0.2, 0) is 13.0 Å². The number of nitrogens with zero attached hydrogens (tertiary/aromatic N) is 3. The number of hydrogen-bond donors (Lipinski definition) is 0. The van der Waals surface area contributed by atoms with Gasteiger partial charge in [0.25, 0.3) is 0 Å². The molecule has 0 amide bonds. The van der Waals surface area contributed by atoms with Crippen LogP contribution in [-0.4, -0.2) is 14.5 Å². The Kier molecular flexibility index (Phi) is 2.95. The van der Waals surface area contributed by atoms with E-state index in [0.717, 1.165) is 42.1 Å². The van der Waals surface area contributed by atoms with E-state index in [2.05, 4.69) is 36.4 Å². The van der Waals surface area contributed by atoms with E-state index in [4.69, 9.17) is 4.98 Å². The van der Waals surface area contributed by atoms with Crippen LogP contribution in [0.5, 0.6) is 0 Å². The van der Waals surface area contributed by atoms with Crippen LogP contribution in [0.1, 0.15) is 37.4 Å². The molecule has 0 saturated heterocycles. The van der Waals surface area contributed by atoms with Crippen molar-refractivity contribution in [1.29, 1.82) is 0 Å². The number of aryl methyl sites for hydroxylation is 4. The molecule has 0 aliphatic heterocycles. The SMILES string of the molecule is CCCn1c(CC)nc2c(C)cc(C)nc21. The number of fused-ring (bicyclic) bond motifs is 1. The molecule has 2 aromatic rings. The number of imidazole rings is 1. The van der Waals surface area contributed by atoms with Gasteiger partial charge in [0.05, 0.1) is 0 Å². The summed E-state index contributed by atoms with van der Waals surface area (Å²) in [7, 11) is 0. The molecule has 86 valence electrons. The van der Waals surface area contributed by atoms with Crippen LogP contribution in [0, 0.1) is 13.8 Å². The molecule has 0 unspecified atom stereocenters. The topological polar surface area (TPSA) is 30.7 Å². The summed E-state index contributed by atoms with van der Waals surface area (Å²) in [5, 5.41) is 0. The van der Waals surface area contributed by atoms with Gasteiger partial charge in [0.1, 0.15) is 11.3 Å². The molecule has 2 rings (SSSR count). The molecule has 0 aliphatic rings. The Balaban J connectivity index is 2.73. The van der Waals surface area contributed by atoms with Gasteiger partial charge in [0.15, 0.2) is 5.65 Å². The molecule has 0 atom stereocenters. The van der Waals surface area contributed by atoms with Gasteiger partial charge in [-0.1, -0.05) is 13.8 Å². The van der Waals surface area contributed by atoms with Crippen LogP contribution in [0.3, 0.4) is 0 Å². The van der Waals surface area contributed by atoms with Crippen LogP contribution < -0.4 is 0 Å². The highest BCUT2D eigenvalue weighted by molar-refractivity contribution is 5.75. The predicted octanol–water partition coefficient (Wildman–Crippen LogP) is 3.02.